The third-order valence-electron chi connectivity index (χ3n) is 6.05. The Hall–Kier alpha value is -3.47. The van der Waals surface area contributed by atoms with Crippen molar-refractivity contribution in [1.82, 2.24) is 15.3 Å². The van der Waals surface area contributed by atoms with Crippen LogP contribution in [-0.4, -0.2) is 61.7 Å². The SMILES string of the molecule is Nc1cc(-c2ccnc(Nc3ccc(F)c(OCC4COCCN4)c3)n2)ccc1OC1CCOCC1. The van der Waals surface area contributed by atoms with Gasteiger partial charge in [-0.3, -0.25) is 0 Å². The van der Waals surface area contributed by atoms with Crippen molar-refractivity contribution in [3.8, 4) is 22.8 Å². The van der Waals surface area contributed by atoms with Gasteiger partial charge in [0.25, 0.3) is 0 Å². The highest BCUT2D eigenvalue weighted by Crippen LogP contribution is 2.30. The fraction of sp³-hybridized carbons (Fsp3) is 0.385. The third kappa shape index (κ3) is 6.20. The van der Waals surface area contributed by atoms with Gasteiger partial charge in [0.2, 0.25) is 5.95 Å². The topological polar surface area (TPSA) is 113 Å². The average Bonchev–Trinajstić information content (AvgIpc) is 2.91. The van der Waals surface area contributed by atoms with Gasteiger partial charge in [0, 0.05) is 42.9 Å². The summed E-state index contributed by atoms with van der Waals surface area (Å²) in [5.74, 6) is 0.738. The van der Waals surface area contributed by atoms with E-state index in [9.17, 15) is 4.39 Å². The van der Waals surface area contributed by atoms with Crippen molar-refractivity contribution in [3.63, 3.8) is 0 Å². The van der Waals surface area contributed by atoms with Crippen LogP contribution in [0.5, 0.6) is 11.5 Å². The predicted octanol–water partition coefficient (Wildman–Crippen LogP) is 3.53. The van der Waals surface area contributed by atoms with Crippen molar-refractivity contribution in [2.45, 2.75) is 25.0 Å². The molecule has 0 aliphatic carbocycles. The van der Waals surface area contributed by atoms with E-state index in [0.29, 0.717) is 61.8 Å². The highest BCUT2D eigenvalue weighted by Gasteiger charge is 2.17. The van der Waals surface area contributed by atoms with Crippen LogP contribution in [0.1, 0.15) is 12.8 Å². The molecule has 3 aromatic rings. The number of nitrogens with zero attached hydrogens (tertiary/aromatic N) is 2. The molecule has 10 heteroatoms. The van der Waals surface area contributed by atoms with Crippen molar-refractivity contribution in [2.75, 3.05) is 50.6 Å². The number of nitrogens with two attached hydrogens (primary N) is 1. The van der Waals surface area contributed by atoms with Crippen LogP contribution >= 0.6 is 0 Å². The Morgan fingerprint density at radius 1 is 1.06 bits per heavy atom. The van der Waals surface area contributed by atoms with Crippen molar-refractivity contribution in [1.29, 1.82) is 0 Å². The summed E-state index contributed by atoms with van der Waals surface area (Å²) < 4.78 is 36.9. The van der Waals surface area contributed by atoms with E-state index in [0.717, 1.165) is 24.9 Å². The van der Waals surface area contributed by atoms with Crippen LogP contribution in [0.2, 0.25) is 0 Å². The van der Waals surface area contributed by atoms with Gasteiger partial charge in [0.1, 0.15) is 18.5 Å². The Bertz CT molecular complexity index is 1170. The van der Waals surface area contributed by atoms with Gasteiger partial charge in [-0.1, -0.05) is 0 Å². The van der Waals surface area contributed by atoms with Crippen LogP contribution in [0, 0.1) is 5.82 Å². The smallest absolute Gasteiger partial charge is 0.227 e. The first kappa shape index (κ1) is 24.2. The number of anilines is 3. The van der Waals surface area contributed by atoms with Crippen LogP contribution in [0.15, 0.2) is 48.7 Å². The molecule has 1 aromatic heterocycles. The largest absolute Gasteiger partial charge is 0.489 e. The maximum atomic E-state index is 14.3. The molecule has 0 saturated carbocycles. The maximum absolute atomic E-state index is 14.3. The number of nitrogen functional groups attached to an aromatic ring is 1. The van der Waals surface area contributed by atoms with Crippen LogP contribution in [0.4, 0.5) is 21.7 Å². The lowest BCUT2D eigenvalue weighted by molar-refractivity contribution is 0.0259. The van der Waals surface area contributed by atoms with Crippen LogP contribution in [0.25, 0.3) is 11.3 Å². The van der Waals surface area contributed by atoms with Crippen LogP contribution < -0.4 is 25.8 Å². The van der Waals surface area contributed by atoms with Gasteiger partial charge in [-0.05, 0) is 36.4 Å². The second kappa shape index (κ2) is 11.5. The molecule has 1 unspecified atom stereocenters. The Kier molecular flexibility index (Phi) is 7.75. The zero-order valence-electron chi connectivity index (χ0n) is 19.9. The van der Waals surface area contributed by atoms with Crippen LogP contribution in [0.3, 0.4) is 0 Å². The van der Waals surface area contributed by atoms with Crippen molar-refractivity contribution >= 4 is 17.3 Å². The van der Waals surface area contributed by atoms with Gasteiger partial charge in [-0.25, -0.2) is 14.4 Å². The number of hydrogen-bond donors (Lipinski definition) is 3. The monoisotopic (exact) mass is 495 g/mol. The predicted molar refractivity (Wildman–Crippen MR) is 134 cm³/mol. The van der Waals surface area contributed by atoms with E-state index in [2.05, 4.69) is 20.6 Å². The number of halogens is 1. The summed E-state index contributed by atoms with van der Waals surface area (Å²) in [6.07, 6.45) is 3.47. The second-order valence-corrected chi connectivity index (χ2v) is 8.75. The lowest BCUT2D eigenvalue weighted by atomic mass is 10.1. The van der Waals surface area contributed by atoms with Gasteiger partial charge < -0.3 is 35.3 Å². The number of rotatable bonds is 8. The van der Waals surface area contributed by atoms with Gasteiger partial charge in [0.15, 0.2) is 11.6 Å². The van der Waals surface area contributed by atoms with Crippen molar-refractivity contribution < 1.29 is 23.3 Å². The summed E-state index contributed by atoms with van der Waals surface area (Å²) in [6, 6.07) is 12.0. The zero-order chi connectivity index (χ0) is 24.7. The summed E-state index contributed by atoms with van der Waals surface area (Å²) in [6.45, 7) is 3.67. The number of benzene rings is 2. The molecule has 0 radical (unpaired) electrons. The Balaban J connectivity index is 1.25. The van der Waals surface area contributed by atoms with Crippen molar-refractivity contribution in [3.05, 3.63) is 54.5 Å². The molecular weight excluding hydrogens is 465 g/mol. The van der Waals surface area contributed by atoms with Gasteiger partial charge in [-0.2, -0.15) is 0 Å². The van der Waals surface area contributed by atoms with Crippen molar-refractivity contribution in [2.24, 2.45) is 0 Å². The summed E-state index contributed by atoms with van der Waals surface area (Å²) in [5, 5.41) is 6.41. The average molecular weight is 496 g/mol. The summed E-state index contributed by atoms with van der Waals surface area (Å²) in [7, 11) is 0. The van der Waals surface area contributed by atoms with E-state index in [4.69, 9.17) is 24.7 Å². The van der Waals surface area contributed by atoms with Gasteiger partial charge in [0.05, 0.1) is 43.9 Å². The molecule has 0 spiro atoms. The molecule has 0 bridgehead atoms. The maximum Gasteiger partial charge on any atom is 0.227 e. The molecule has 190 valence electrons. The minimum Gasteiger partial charge on any atom is -0.489 e. The number of ether oxygens (including phenoxy) is 4. The normalized spacial score (nSPS) is 18.5. The molecule has 2 fully saturated rings. The summed E-state index contributed by atoms with van der Waals surface area (Å²) in [5.41, 5.74) is 8.96. The fourth-order valence-electron chi connectivity index (χ4n) is 4.11. The van der Waals surface area contributed by atoms with E-state index in [1.54, 1.807) is 24.4 Å². The number of morpholine rings is 1. The molecule has 5 rings (SSSR count). The molecule has 9 nitrogen and oxygen atoms in total. The molecule has 2 aromatic carbocycles. The first-order valence-electron chi connectivity index (χ1n) is 12.1. The van der Waals surface area contributed by atoms with E-state index >= 15 is 0 Å². The quantitative estimate of drug-likeness (QED) is 0.404. The summed E-state index contributed by atoms with van der Waals surface area (Å²) in [4.78, 5) is 8.90. The minimum absolute atomic E-state index is 0.0238. The van der Waals surface area contributed by atoms with E-state index in [1.165, 1.54) is 6.07 Å². The molecular formula is C26H30FN5O4. The van der Waals surface area contributed by atoms with E-state index < -0.39 is 5.82 Å². The molecule has 2 saturated heterocycles. The molecule has 4 N–H and O–H groups in total. The number of nitrogens with one attached hydrogen (secondary N) is 2. The van der Waals surface area contributed by atoms with Gasteiger partial charge in [-0.15, -0.1) is 0 Å². The molecule has 3 heterocycles. The minimum atomic E-state index is -0.439. The van der Waals surface area contributed by atoms with Crippen LogP contribution in [-0.2, 0) is 9.47 Å². The lowest BCUT2D eigenvalue weighted by Gasteiger charge is -2.24. The molecule has 2 aliphatic heterocycles. The fourth-order valence-corrected chi connectivity index (χ4v) is 4.11. The second-order valence-electron chi connectivity index (χ2n) is 8.75. The lowest BCUT2D eigenvalue weighted by Crippen LogP contribution is -2.44. The molecule has 0 amide bonds. The Labute approximate surface area is 209 Å². The molecule has 2 aliphatic rings. The standard InChI is InChI=1S/C26H30FN5O4/c27-21-3-2-18(14-25(21)35-16-19-15-34-12-9-29-19)31-26-30-8-5-23(32-26)17-1-4-24(22(28)13-17)36-20-6-10-33-11-7-20/h1-5,8,13-14,19-20,29H,6-7,9-12,15-16,28H2,(H,30,31,32). The first-order chi connectivity index (χ1) is 17.6. The molecule has 36 heavy (non-hydrogen) atoms. The Morgan fingerprint density at radius 2 is 1.94 bits per heavy atom. The third-order valence-corrected chi connectivity index (χ3v) is 6.05. The highest BCUT2D eigenvalue weighted by atomic mass is 19.1. The first-order valence-corrected chi connectivity index (χ1v) is 12.1. The van der Waals surface area contributed by atoms with Gasteiger partial charge >= 0.3 is 0 Å². The Morgan fingerprint density at radius 3 is 2.75 bits per heavy atom. The number of hydrogen-bond acceptors (Lipinski definition) is 9. The van der Waals surface area contributed by atoms with E-state index in [-0.39, 0.29) is 17.9 Å². The zero-order valence-corrected chi connectivity index (χ0v) is 19.9. The number of aromatic nitrogens is 2. The molecule has 1 atom stereocenters. The van der Waals surface area contributed by atoms with E-state index in [1.807, 2.05) is 18.2 Å². The summed E-state index contributed by atoms with van der Waals surface area (Å²) >= 11 is 0. The highest BCUT2D eigenvalue weighted by molar-refractivity contribution is 5.69.